The molecule has 2 aliphatic rings. The van der Waals surface area contributed by atoms with Crippen molar-refractivity contribution in [3.05, 3.63) is 35.9 Å². The Bertz CT molecular complexity index is 498. The topological polar surface area (TPSA) is 41.1 Å². The van der Waals surface area contributed by atoms with Gasteiger partial charge >= 0.3 is 0 Å². The van der Waals surface area contributed by atoms with E-state index in [1.807, 2.05) is 6.07 Å². The molecule has 0 radical (unpaired) electrons. The highest BCUT2D eigenvalue weighted by Crippen LogP contribution is 2.38. The number of halogens is 1. The minimum atomic E-state index is 0. The van der Waals surface area contributed by atoms with Crippen LogP contribution in [0.2, 0.25) is 0 Å². The van der Waals surface area contributed by atoms with E-state index in [0.717, 1.165) is 13.1 Å². The molecule has 2 atom stereocenters. The molecule has 134 valence electrons. The summed E-state index contributed by atoms with van der Waals surface area (Å²) in [5.41, 5.74) is 1.26. The zero-order chi connectivity index (χ0) is 16.1. The maximum absolute atomic E-state index is 12.6. The van der Waals surface area contributed by atoms with Crippen LogP contribution in [-0.4, -0.2) is 19.0 Å². The Morgan fingerprint density at radius 2 is 1.79 bits per heavy atom. The predicted molar refractivity (Wildman–Crippen MR) is 101 cm³/mol. The van der Waals surface area contributed by atoms with Crippen LogP contribution in [0, 0.1) is 17.8 Å². The molecule has 3 nitrogen and oxygen atoms in total. The molecule has 24 heavy (non-hydrogen) atoms. The van der Waals surface area contributed by atoms with Crippen molar-refractivity contribution in [3.8, 4) is 0 Å². The summed E-state index contributed by atoms with van der Waals surface area (Å²) >= 11 is 0. The monoisotopic (exact) mass is 350 g/mol. The Kier molecular flexibility index (Phi) is 7.57. The SMILES string of the molecule is CC(CC(=O)NC(c1ccccc1)C1CCC1)C1CCNCC1.Cl. The molecule has 2 unspecified atom stereocenters. The summed E-state index contributed by atoms with van der Waals surface area (Å²) in [4.78, 5) is 12.6. The largest absolute Gasteiger partial charge is 0.349 e. The third-order valence-electron chi connectivity index (χ3n) is 5.79. The molecule has 0 spiro atoms. The molecule has 3 rings (SSSR count). The van der Waals surface area contributed by atoms with Gasteiger partial charge in [-0.3, -0.25) is 4.79 Å². The van der Waals surface area contributed by atoms with Crippen molar-refractivity contribution >= 4 is 18.3 Å². The van der Waals surface area contributed by atoms with Gasteiger partial charge < -0.3 is 10.6 Å². The third kappa shape index (κ3) is 4.97. The fourth-order valence-corrected chi connectivity index (χ4v) is 4.01. The molecule has 4 heteroatoms. The van der Waals surface area contributed by atoms with Crippen molar-refractivity contribution in [2.24, 2.45) is 17.8 Å². The van der Waals surface area contributed by atoms with Gasteiger partial charge in [-0.25, -0.2) is 0 Å². The van der Waals surface area contributed by atoms with Gasteiger partial charge in [0.15, 0.2) is 0 Å². The number of hydrogen-bond donors (Lipinski definition) is 2. The summed E-state index contributed by atoms with van der Waals surface area (Å²) in [6, 6.07) is 10.7. The Hall–Kier alpha value is -1.06. The summed E-state index contributed by atoms with van der Waals surface area (Å²) in [6.45, 7) is 4.45. The van der Waals surface area contributed by atoms with Crippen LogP contribution in [-0.2, 0) is 4.79 Å². The lowest BCUT2D eigenvalue weighted by atomic mass is 9.77. The lowest BCUT2D eigenvalue weighted by molar-refractivity contribution is -0.123. The Labute approximate surface area is 152 Å². The van der Waals surface area contributed by atoms with Crippen molar-refractivity contribution < 1.29 is 4.79 Å². The first kappa shape index (κ1) is 19.3. The third-order valence-corrected chi connectivity index (χ3v) is 5.79. The maximum Gasteiger partial charge on any atom is 0.220 e. The number of amides is 1. The molecular weight excluding hydrogens is 320 g/mol. The van der Waals surface area contributed by atoms with Gasteiger partial charge in [0.2, 0.25) is 5.91 Å². The standard InChI is InChI=1S/C20H30N2O.ClH/c1-15(16-10-12-21-13-11-16)14-19(23)22-20(18-8-5-9-18)17-6-3-2-4-7-17;/h2-4,6-7,15-16,18,20-21H,5,8-14H2,1H3,(H,22,23);1H. The Balaban J connectivity index is 0.00000208. The van der Waals surface area contributed by atoms with Crippen molar-refractivity contribution in [2.45, 2.75) is 51.5 Å². The molecule has 2 N–H and O–H groups in total. The number of carbonyl (C=O) groups excluding carboxylic acids is 1. The van der Waals surface area contributed by atoms with E-state index in [1.54, 1.807) is 0 Å². The quantitative estimate of drug-likeness (QED) is 0.811. The van der Waals surface area contributed by atoms with Crippen LogP contribution in [0.5, 0.6) is 0 Å². The second-order valence-corrected chi connectivity index (χ2v) is 7.42. The zero-order valence-corrected chi connectivity index (χ0v) is 15.5. The number of hydrogen-bond acceptors (Lipinski definition) is 2. The van der Waals surface area contributed by atoms with Crippen LogP contribution >= 0.6 is 12.4 Å². The molecule has 1 heterocycles. The number of benzene rings is 1. The lowest BCUT2D eigenvalue weighted by Gasteiger charge is -2.35. The molecule has 1 saturated heterocycles. The van der Waals surface area contributed by atoms with Gasteiger partial charge in [-0.15, -0.1) is 12.4 Å². The van der Waals surface area contributed by atoms with E-state index in [2.05, 4.69) is 41.8 Å². The fourth-order valence-electron chi connectivity index (χ4n) is 4.01. The maximum atomic E-state index is 12.6. The van der Waals surface area contributed by atoms with E-state index in [4.69, 9.17) is 0 Å². The van der Waals surface area contributed by atoms with Gasteiger partial charge in [-0.2, -0.15) is 0 Å². The van der Waals surface area contributed by atoms with E-state index in [9.17, 15) is 4.79 Å². The molecular formula is C20H31ClN2O. The van der Waals surface area contributed by atoms with E-state index in [0.29, 0.717) is 24.2 Å². The van der Waals surface area contributed by atoms with Crippen LogP contribution in [0.3, 0.4) is 0 Å². The molecule has 1 aromatic carbocycles. The fraction of sp³-hybridized carbons (Fsp3) is 0.650. The van der Waals surface area contributed by atoms with Gasteiger partial charge in [-0.1, -0.05) is 43.7 Å². The van der Waals surface area contributed by atoms with Gasteiger partial charge in [0.1, 0.15) is 0 Å². The van der Waals surface area contributed by atoms with Crippen LogP contribution in [0.1, 0.15) is 57.1 Å². The minimum Gasteiger partial charge on any atom is -0.349 e. The van der Waals surface area contributed by atoms with Gasteiger partial charge in [0, 0.05) is 6.42 Å². The van der Waals surface area contributed by atoms with Crippen molar-refractivity contribution in [2.75, 3.05) is 13.1 Å². The first-order valence-electron chi connectivity index (χ1n) is 9.29. The van der Waals surface area contributed by atoms with Crippen LogP contribution in [0.15, 0.2) is 30.3 Å². The summed E-state index contributed by atoms with van der Waals surface area (Å²) in [5.74, 6) is 2.03. The summed E-state index contributed by atoms with van der Waals surface area (Å²) in [6.07, 6.45) is 6.86. The molecule has 2 fully saturated rings. The number of piperidine rings is 1. The average molecular weight is 351 g/mol. The van der Waals surface area contributed by atoms with E-state index in [-0.39, 0.29) is 24.4 Å². The zero-order valence-electron chi connectivity index (χ0n) is 14.7. The molecule has 1 aromatic rings. The molecule has 1 aliphatic heterocycles. The smallest absolute Gasteiger partial charge is 0.220 e. The Morgan fingerprint density at radius 3 is 2.38 bits per heavy atom. The minimum absolute atomic E-state index is 0. The van der Waals surface area contributed by atoms with Crippen LogP contribution in [0.4, 0.5) is 0 Å². The first-order valence-corrected chi connectivity index (χ1v) is 9.29. The number of nitrogens with one attached hydrogen (secondary N) is 2. The van der Waals surface area contributed by atoms with E-state index < -0.39 is 0 Å². The molecule has 0 aromatic heterocycles. The van der Waals surface area contributed by atoms with E-state index >= 15 is 0 Å². The Morgan fingerprint density at radius 1 is 1.12 bits per heavy atom. The van der Waals surface area contributed by atoms with Gasteiger partial charge in [-0.05, 0) is 62.1 Å². The van der Waals surface area contributed by atoms with Gasteiger partial charge in [0.25, 0.3) is 0 Å². The molecule has 0 bridgehead atoms. The normalized spacial score (nSPS) is 21.2. The van der Waals surface area contributed by atoms with Crippen molar-refractivity contribution in [1.29, 1.82) is 0 Å². The predicted octanol–water partition coefficient (Wildman–Crippen LogP) is 4.09. The molecule has 1 saturated carbocycles. The molecule has 1 aliphatic carbocycles. The van der Waals surface area contributed by atoms with Crippen LogP contribution in [0.25, 0.3) is 0 Å². The number of carbonyl (C=O) groups is 1. The highest BCUT2D eigenvalue weighted by molar-refractivity contribution is 5.85. The summed E-state index contributed by atoms with van der Waals surface area (Å²) in [5, 5.41) is 6.76. The second-order valence-electron chi connectivity index (χ2n) is 7.42. The molecule has 1 amide bonds. The van der Waals surface area contributed by atoms with Crippen molar-refractivity contribution in [1.82, 2.24) is 10.6 Å². The highest BCUT2D eigenvalue weighted by atomic mass is 35.5. The first-order chi connectivity index (χ1) is 11.2. The average Bonchev–Trinajstić information content (AvgIpc) is 2.54. The van der Waals surface area contributed by atoms with E-state index in [1.165, 1.54) is 37.7 Å². The highest BCUT2D eigenvalue weighted by Gasteiger charge is 2.30. The van der Waals surface area contributed by atoms with Crippen molar-refractivity contribution in [3.63, 3.8) is 0 Å². The second kappa shape index (κ2) is 9.43. The van der Waals surface area contributed by atoms with Gasteiger partial charge in [0.05, 0.1) is 6.04 Å². The lowest BCUT2D eigenvalue weighted by Crippen LogP contribution is -2.38. The summed E-state index contributed by atoms with van der Waals surface area (Å²) in [7, 11) is 0. The van der Waals surface area contributed by atoms with Crippen LogP contribution < -0.4 is 10.6 Å². The summed E-state index contributed by atoms with van der Waals surface area (Å²) < 4.78 is 0. The number of rotatable bonds is 6.